The third kappa shape index (κ3) is 5.03. The summed E-state index contributed by atoms with van der Waals surface area (Å²) in [4.78, 5) is 36.1. The van der Waals surface area contributed by atoms with Crippen molar-refractivity contribution >= 4 is 17.5 Å². The number of ether oxygens (including phenoxy) is 1. The van der Waals surface area contributed by atoms with E-state index in [1.165, 1.54) is 49.4 Å². The lowest BCUT2D eigenvalue weighted by molar-refractivity contribution is -0.385. The molecular formula is C19H20FN3O5. The standard InChI is InChI=1S/C19H20FN3O5/c1-12-4-6-14(9-16(12)23(26)27)19(25)21-10-18(24)22(2)11-13-5-7-17(28-3)15(20)8-13/h4-9H,10-11H2,1-3H3,(H,21,25). The van der Waals surface area contributed by atoms with E-state index in [0.29, 0.717) is 11.1 Å². The number of nitro groups is 1. The van der Waals surface area contributed by atoms with Gasteiger partial charge in [0.25, 0.3) is 11.6 Å². The van der Waals surface area contributed by atoms with E-state index in [0.717, 1.165) is 0 Å². The number of hydrogen-bond acceptors (Lipinski definition) is 5. The van der Waals surface area contributed by atoms with E-state index in [4.69, 9.17) is 4.74 Å². The minimum Gasteiger partial charge on any atom is -0.494 e. The molecule has 0 radical (unpaired) electrons. The van der Waals surface area contributed by atoms with E-state index in [-0.39, 0.29) is 30.1 Å². The number of nitro benzene ring substituents is 1. The summed E-state index contributed by atoms with van der Waals surface area (Å²) in [5.41, 5.74) is 0.918. The SMILES string of the molecule is COc1ccc(CN(C)C(=O)CNC(=O)c2ccc(C)c([N+](=O)[O-])c2)cc1F. The average Bonchev–Trinajstić information content (AvgIpc) is 2.66. The Balaban J connectivity index is 1.95. The summed E-state index contributed by atoms with van der Waals surface area (Å²) in [5, 5.41) is 13.4. The minimum absolute atomic E-state index is 0.0879. The van der Waals surface area contributed by atoms with E-state index < -0.39 is 22.6 Å². The van der Waals surface area contributed by atoms with Gasteiger partial charge in [-0.1, -0.05) is 12.1 Å². The second-order valence-electron chi connectivity index (χ2n) is 6.16. The Morgan fingerprint density at radius 3 is 2.57 bits per heavy atom. The van der Waals surface area contributed by atoms with Crippen molar-refractivity contribution in [3.63, 3.8) is 0 Å². The summed E-state index contributed by atoms with van der Waals surface area (Å²) >= 11 is 0. The Morgan fingerprint density at radius 2 is 1.96 bits per heavy atom. The maximum Gasteiger partial charge on any atom is 0.273 e. The highest BCUT2D eigenvalue weighted by atomic mass is 19.1. The molecule has 0 bridgehead atoms. The van der Waals surface area contributed by atoms with Crippen LogP contribution in [0.15, 0.2) is 36.4 Å². The molecule has 2 aromatic carbocycles. The number of amides is 2. The van der Waals surface area contributed by atoms with Crippen LogP contribution in [-0.2, 0) is 11.3 Å². The van der Waals surface area contributed by atoms with Gasteiger partial charge in [-0.05, 0) is 30.7 Å². The van der Waals surface area contributed by atoms with E-state index in [1.54, 1.807) is 13.0 Å². The van der Waals surface area contributed by atoms with E-state index in [9.17, 15) is 24.1 Å². The molecule has 0 atom stereocenters. The number of likely N-dealkylation sites (N-methyl/N-ethyl adjacent to an activating group) is 1. The number of methoxy groups -OCH3 is 1. The number of carbonyl (C=O) groups excluding carboxylic acids is 2. The topological polar surface area (TPSA) is 102 Å². The zero-order chi connectivity index (χ0) is 20.8. The minimum atomic E-state index is -0.597. The van der Waals surface area contributed by atoms with Crippen molar-refractivity contribution in [2.75, 3.05) is 20.7 Å². The van der Waals surface area contributed by atoms with Crippen molar-refractivity contribution in [2.24, 2.45) is 0 Å². The Kier molecular flexibility index (Phi) is 6.64. The Morgan fingerprint density at radius 1 is 1.25 bits per heavy atom. The molecule has 9 heteroatoms. The molecule has 0 unspecified atom stereocenters. The predicted molar refractivity (Wildman–Crippen MR) is 99.6 cm³/mol. The fourth-order valence-corrected chi connectivity index (χ4v) is 2.51. The summed E-state index contributed by atoms with van der Waals surface area (Å²) in [6.45, 7) is 1.42. The smallest absolute Gasteiger partial charge is 0.273 e. The van der Waals surface area contributed by atoms with Crippen molar-refractivity contribution in [1.29, 1.82) is 0 Å². The lowest BCUT2D eigenvalue weighted by Crippen LogP contribution is -2.37. The molecular weight excluding hydrogens is 369 g/mol. The van der Waals surface area contributed by atoms with Gasteiger partial charge in [0.05, 0.1) is 18.6 Å². The van der Waals surface area contributed by atoms with Crippen molar-refractivity contribution in [2.45, 2.75) is 13.5 Å². The highest BCUT2D eigenvalue weighted by Crippen LogP contribution is 2.20. The maximum absolute atomic E-state index is 13.7. The number of nitrogens with one attached hydrogen (secondary N) is 1. The number of halogens is 1. The Bertz CT molecular complexity index is 916. The number of rotatable bonds is 7. The van der Waals surface area contributed by atoms with Crippen LogP contribution in [0.5, 0.6) is 5.75 Å². The number of carbonyl (C=O) groups is 2. The van der Waals surface area contributed by atoms with Gasteiger partial charge in [0, 0.05) is 30.8 Å². The highest BCUT2D eigenvalue weighted by molar-refractivity contribution is 5.97. The van der Waals surface area contributed by atoms with E-state index in [2.05, 4.69) is 5.32 Å². The van der Waals surface area contributed by atoms with Crippen LogP contribution in [0.4, 0.5) is 10.1 Å². The van der Waals surface area contributed by atoms with Gasteiger partial charge in [0.15, 0.2) is 11.6 Å². The van der Waals surface area contributed by atoms with Crippen molar-refractivity contribution < 1.29 is 23.6 Å². The van der Waals surface area contributed by atoms with Gasteiger partial charge in [0.1, 0.15) is 0 Å². The molecule has 2 aromatic rings. The maximum atomic E-state index is 13.7. The summed E-state index contributed by atoms with van der Waals surface area (Å²) in [7, 11) is 2.88. The molecule has 148 valence electrons. The third-order valence-electron chi connectivity index (χ3n) is 4.13. The second-order valence-corrected chi connectivity index (χ2v) is 6.16. The molecule has 2 amide bonds. The fraction of sp³-hybridized carbons (Fsp3) is 0.263. The van der Waals surface area contributed by atoms with E-state index in [1.807, 2.05) is 0 Å². The molecule has 0 aliphatic heterocycles. The van der Waals surface area contributed by atoms with Gasteiger partial charge < -0.3 is 15.0 Å². The second kappa shape index (κ2) is 8.94. The first-order valence-electron chi connectivity index (χ1n) is 8.32. The number of aryl methyl sites for hydroxylation is 1. The summed E-state index contributed by atoms with van der Waals surface area (Å²) < 4.78 is 18.6. The van der Waals surface area contributed by atoms with Crippen molar-refractivity contribution in [1.82, 2.24) is 10.2 Å². The molecule has 2 rings (SSSR count). The van der Waals surface area contributed by atoms with E-state index >= 15 is 0 Å². The quantitative estimate of drug-likeness (QED) is 0.579. The molecule has 0 fully saturated rings. The van der Waals surface area contributed by atoms with Gasteiger partial charge in [0.2, 0.25) is 5.91 Å². The lowest BCUT2D eigenvalue weighted by Gasteiger charge is -2.18. The van der Waals surface area contributed by atoms with Crippen LogP contribution in [0.25, 0.3) is 0 Å². The molecule has 28 heavy (non-hydrogen) atoms. The number of hydrogen-bond donors (Lipinski definition) is 1. The summed E-state index contributed by atoms with van der Waals surface area (Å²) in [6, 6.07) is 8.46. The zero-order valence-corrected chi connectivity index (χ0v) is 15.7. The normalized spacial score (nSPS) is 10.3. The summed E-state index contributed by atoms with van der Waals surface area (Å²) in [6.07, 6.45) is 0. The molecule has 0 saturated heterocycles. The number of benzene rings is 2. The van der Waals surface area contributed by atoms with Crippen LogP contribution in [0.2, 0.25) is 0 Å². The average molecular weight is 389 g/mol. The first-order chi connectivity index (χ1) is 13.2. The van der Waals surface area contributed by atoms with Crippen molar-refractivity contribution in [3.05, 3.63) is 69.0 Å². The molecule has 0 spiro atoms. The first kappa shape index (κ1) is 20.8. The monoisotopic (exact) mass is 389 g/mol. The number of nitrogens with zero attached hydrogens (tertiary/aromatic N) is 2. The van der Waals surface area contributed by atoms with Crippen LogP contribution in [-0.4, -0.2) is 42.3 Å². The van der Waals surface area contributed by atoms with Crippen LogP contribution in [0.1, 0.15) is 21.5 Å². The van der Waals surface area contributed by atoms with Gasteiger partial charge in [-0.2, -0.15) is 0 Å². The Hall–Kier alpha value is -3.49. The van der Waals surface area contributed by atoms with Crippen LogP contribution in [0, 0.1) is 22.9 Å². The molecule has 0 aliphatic rings. The Labute approximate surface area is 161 Å². The molecule has 8 nitrogen and oxygen atoms in total. The predicted octanol–water partition coefficient (Wildman–Crippen LogP) is 2.44. The third-order valence-corrected chi connectivity index (χ3v) is 4.13. The van der Waals surface area contributed by atoms with Crippen LogP contribution < -0.4 is 10.1 Å². The van der Waals surface area contributed by atoms with Crippen molar-refractivity contribution in [3.8, 4) is 5.75 Å². The summed E-state index contributed by atoms with van der Waals surface area (Å²) in [5.74, 6) is -1.42. The fourth-order valence-electron chi connectivity index (χ4n) is 2.51. The molecule has 0 saturated carbocycles. The molecule has 0 aliphatic carbocycles. The zero-order valence-electron chi connectivity index (χ0n) is 15.7. The lowest BCUT2D eigenvalue weighted by atomic mass is 10.1. The van der Waals surface area contributed by atoms with Gasteiger partial charge in [-0.15, -0.1) is 0 Å². The molecule has 0 heterocycles. The van der Waals surface area contributed by atoms with Gasteiger partial charge in [-0.25, -0.2) is 4.39 Å². The largest absolute Gasteiger partial charge is 0.494 e. The highest BCUT2D eigenvalue weighted by Gasteiger charge is 2.17. The van der Waals surface area contributed by atoms with Gasteiger partial charge in [-0.3, -0.25) is 19.7 Å². The van der Waals surface area contributed by atoms with Crippen LogP contribution in [0.3, 0.4) is 0 Å². The molecule has 0 aromatic heterocycles. The van der Waals surface area contributed by atoms with Crippen LogP contribution >= 0.6 is 0 Å². The first-order valence-corrected chi connectivity index (χ1v) is 8.32. The van der Waals surface area contributed by atoms with Gasteiger partial charge >= 0.3 is 0 Å². The molecule has 1 N–H and O–H groups in total.